The molecule has 1 aliphatic rings. The molecule has 2 atom stereocenters. The number of likely N-dealkylation sites (N-methyl/N-ethyl adjacent to an activating group) is 1. The quantitative estimate of drug-likeness (QED) is 0.683. The van der Waals surface area contributed by atoms with Crippen molar-refractivity contribution in [3.05, 3.63) is 29.8 Å². The molecule has 1 saturated heterocycles. The van der Waals surface area contributed by atoms with Crippen LogP contribution in [-0.2, 0) is 4.74 Å². The Kier molecular flexibility index (Phi) is 5.59. The number of rotatable bonds is 4. The molecule has 0 aromatic heterocycles. The summed E-state index contributed by atoms with van der Waals surface area (Å²) >= 11 is 0. The topological polar surface area (TPSA) is 54.3 Å². The zero-order valence-electron chi connectivity index (χ0n) is 13.0. The van der Waals surface area contributed by atoms with Crippen LogP contribution in [0.2, 0.25) is 0 Å². The molecule has 0 saturated carbocycles. The first kappa shape index (κ1) is 15.8. The van der Waals surface area contributed by atoms with Crippen molar-refractivity contribution in [3.8, 4) is 5.75 Å². The van der Waals surface area contributed by atoms with Crippen LogP contribution < -0.4 is 4.74 Å². The zero-order valence-corrected chi connectivity index (χ0v) is 13.0. The van der Waals surface area contributed by atoms with E-state index in [4.69, 9.17) is 9.47 Å². The van der Waals surface area contributed by atoms with Crippen LogP contribution in [0.15, 0.2) is 29.3 Å². The Balaban J connectivity index is 2.01. The van der Waals surface area contributed by atoms with E-state index in [9.17, 15) is 5.11 Å². The standard InChI is InChI=1S/C16H24N2O3/c1-17-16(18(2)3)15(19)12-7-9-13(10-8-12)21-14-6-4-5-11-20-14/h7-10,14-15,19H,4-6,11H2,1-3H3. The summed E-state index contributed by atoms with van der Waals surface area (Å²) in [6, 6.07) is 7.44. The summed E-state index contributed by atoms with van der Waals surface area (Å²) in [6.45, 7) is 0.765. The van der Waals surface area contributed by atoms with Crippen LogP contribution in [0.25, 0.3) is 0 Å². The first-order valence-corrected chi connectivity index (χ1v) is 7.32. The van der Waals surface area contributed by atoms with Gasteiger partial charge >= 0.3 is 0 Å². The molecule has 0 aliphatic carbocycles. The average molecular weight is 292 g/mol. The molecule has 1 N–H and O–H groups in total. The minimum atomic E-state index is -0.731. The summed E-state index contributed by atoms with van der Waals surface area (Å²) in [4.78, 5) is 5.93. The molecule has 0 radical (unpaired) electrons. The number of nitrogens with zero attached hydrogens (tertiary/aromatic N) is 2. The SMILES string of the molecule is CN=C(C(O)c1ccc(OC2CCCCO2)cc1)N(C)C. The molecule has 1 heterocycles. The summed E-state index contributed by atoms with van der Waals surface area (Å²) in [5, 5.41) is 10.3. The van der Waals surface area contributed by atoms with Crippen molar-refractivity contribution in [2.24, 2.45) is 4.99 Å². The Morgan fingerprint density at radius 1 is 1.33 bits per heavy atom. The van der Waals surface area contributed by atoms with Gasteiger partial charge < -0.3 is 19.5 Å². The second-order valence-electron chi connectivity index (χ2n) is 5.36. The number of aliphatic hydroxyl groups excluding tert-OH is 1. The number of amidine groups is 1. The number of benzene rings is 1. The fourth-order valence-electron chi connectivity index (χ4n) is 2.40. The van der Waals surface area contributed by atoms with Gasteiger partial charge in [-0.15, -0.1) is 0 Å². The Labute approximate surface area is 126 Å². The lowest BCUT2D eigenvalue weighted by Gasteiger charge is -2.24. The predicted octanol–water partition coefficient (Wildman–Crippen LogP) is 2.22. The Morgan fingerprint density at radius 2 is 2.05 bits per heavy atom. The molecular weight excluding hydrogens is 268 g/mol. The molecule has 0 spiro atoms. The minimum absolute atomic E-state index is 0.149. The van der Waals surface area contributed by atoms with Gasteiger partial charge in [0.05, 0.1) is 6.61 Å². The van der Waals surface area contributed by atoms with Crippen molar-refractivity contribution in [2.75, 3.05) is 27.7 Å². The molecule has 0 bridgehead atoms. The van der Waals surface area contributed by atoms with E-state index < -0.39 is 6.10 Å². The van der Waals surface area contributed by atoms with Gasteiger partial charge in [0.25, 0.3) is 0 Å². The van der Waals surface area contributed by atoms with Crippen LogP contribution in [0.5, 0.6) is 5.75 Å². The van der Waals surface area contributed by atoms with E-state index in [1.165, 1.54) is 0 Å². The highest BCUT2D eigenvalue weighted by molar-refractivity contribution is 5.87. The molecule has 1 aliphatic heterocycles. The molecule has 21 heavy (non-hydrogen) atoms. The highest BCUT2D eigenvalue weighted by Gasteiger charge is 2.18. The predicted molar refractivity (Wildman–Crippen MR) is 82.7 cm³/mol. The van der Waals surface area contributed by atoms with Crippen LogP contribution in [-0.4, -0.2) is 49.9 Å². The lowest BCUT2D eigenvalue weighted by molar-refractivity contribution is -0.105. The van der Waals surface area contributed by atoms with Crippen LogP contribution in [0, 0.1) is 0 Å². The minimum Gasteiger partial charge on any atom is -0.465 e. The van der Waals surface area contributed by atoms with Gasteiger partial charge in [0.15, 0.2) is 6.29 Å². The normalized spacial score (nSPS) is 21.0. The first-order valence-electron chi connectivity index (χ1n) is 7.32. The van der Waals surface area contributed by atoms with Gasteiger partial charge in [0.1, 0.15) is 17.7 Å². The van der Waals surface area contributed by atoms with Gasteiger partial charge in [0.2, 0.25) is 0 Å². The number of ether oxygens (including phenoxy) is 2. The Bertz CT molecular complexity index is 465. The number of hydrogen-bond acceptors (Lipinski definition) is 4. The average Bonchev–Trinajstić information content (AvgIpc) is 2.49. The van der Waals surface area contributed by atoms with E-state index in [1.54, 1.807) is 7.05 Å². The third-order valence-electron chi connectivity index (χ3n) is 3.53. The second-order valence-corrected chi connectivity index (χ2v) is 5.36. The molecule has 0 amide bonds. The van der Waals surface area contributed by atoms with Gasteiger partial charge in [0, 0.05) is 27.6 Å². The van der Waals surface area contributed by atoms with E-state index >= 15 is 0 Å². The van der Waals surface area contributed by atoms with Crippen LogP contribution in [0.4, 0.5) is 0 Å². The van der Waals surface area contributed by atoms with Gasteiger partial charge in [-0.05, 0) is 30.5 Å². The second kappa shape index (κ2) is 7.43. The van der Waals surface area contributed by atoms with Gasteiger partial charge in [-0.3, -0.25) is 4.99 Å². The van der Waals surface area contributed by atoms with Gasteiger partial charge in [-0.1, -0.05) is 12.1 Å². The highest BCUT2D eigenvalue weighted by atomic mass is 16.7. The summed E-state index contributed by atoms with van der Waals surface area (Å²) < 4.78 is 11.3. The maximum Gasteiger partial charge on any atom is 0.199 e. The monoisotopic (exact) mass is 292 g/mol. The highest BCUT2D eigenvalue weighted by Crippen LogP contribution is 2.22. The Morgan fingerprint density at radius 3 is 2.57 bits per heavy atom. The van der Waals surface area contributed by atoms with Crippen molar-refractivity contribution in [3.63, 3.8) is 0 Å². The third kappa shape index (κ3) is 4.19. The third-order valence-corrected chi connectivity index (χ3v) is 3.53. The fraction of sp³-hybridized carbons (Fsp3) is 0.562. The molecular formula is C16H24N2O3. The van der Waals surface area contributed by atoms with E-state index in [-0.39, 0.29) is 6.29 Å². The number of aliphatic hydroxyl groups is 1. The summed E-state index contributed by atoms with van der Waals surface area (Å²) in [6.07, 6.45) is 2.29. The molecule has 1 aromatic rings. The van der Waals surface area contributed by atoms with Crippen molar-refractivity contribution < 1.29 is 14.6 Å². The number of aliphatic imine (C=N–C) groups is 1. The molecule has 1 fully saturated rings. The van der Waals surface area contributed by atoms with E-state index in [2.05, 4.69) is 4.99 Å². The van der Waals surface area contributed by atoms with Gasteiger partial charge in [-0.2, -0.15) is 0 Å². The molecule has 5 nitrogen and oxygen atoms in total. The smallest absolute Gasteiger partial charge is 0.199 e. The van der Waals surface area contributed by atoms with Crippen molar-refractivity contribution in [1.82, 2.24) is 4.90 Å². The van der Waals surface area contributed by atoms with Crippen LogP contribution >= 0.6 is 0 Å². The number of hydrogen-bond donors (Lipinski definition) is 1. The molecule has 2 unspecified atom stereocenters. The van der Waals surface area contributed by atoms with E-state index in [0.29, 0.717) is 5.84 Å². The van der Waals surface area contributed by atoms with E-state index in [0.717, 1.165) is 37.2 Å². The van der Waals surface area contributed by atoms with Crippen LogP contribution in [0.3, 0.4) is 0 Å². The molecule has 5 heteroatoms. The summed E-state index contributed by atoms with van der Waals surface area (Å²) in [5.74, 6) is 1.39. The summed E-state index contributed by atoms with van der Waals surface area (Å²) in [5.41, 5.74) is 0.793. The fourth-order valence-corrected chi connectivity index (χ4v) is 2.40. The zero-order chi connectivity index (χ0) is 15.2. The maximum absolute atomic E-state index is 10.3. The van der Waals surface area contributed by atoms with Gasteiger partial charge in [-0.25, -0.2) is 0 Å². The van der Waals surface area contributed by atoms with Crippen molar-refractivity contribution in [1.29, 1.82) is 0 Å². The maximum atomic E-state index is 10.3. The largest absolute Gasteiger partial charge is 0.465 e. The lowest BCUT2D eigenvalue weighted by atomic mass is 10.1. The Hall–Kier alpha value is -1.59. The molecule has 1 aromatic carbocycles. The first-order chi connectivity index (χ1) is 10.1. The van der Waals surface area contributed by atoms with Crippen molar-refractivity contribution >= 4 is 5.84 Å². The van der Waals surface area contributed by atoms with Crippen LogP contribution in [0.1, 0.15) is 30.9 Å². The summed E-state index contributed by atoms with van der Waals surface area (Å²) in [7, 11) is 5.41. The molecule has 2 rings (SSSR count). The lowest BCUT2D eigenvalue weighted by Crippen LogP contribution is -2.28. The van der Waals surface area contributed by atoms with Crippen molar-refractivity contribution in [2.45, 2.75) is 31.7 Å². The molecule has 116 valence electrons. The van der Waals surface area contributed by atoms with E-state index in [1.807, 2.05) is 43.3 Å².